The largest absolute Gasteiger partial charge is 0.0985 e. The Hall–Kier alpha value is -1.56. The molecule has 0 saturated heterocycles. The summed E-state index contributed by atoms with van der Waals surface area (Å²) in [5.41, 5.74) is 3.74. The fourth-order valence-electron chi connectivity index (χ4n) is 1.36. The second-order valence-electron chi connectivity index (χ2n) is 2.81. The molecule has 0 aromatic heterocycles. The highest BCUT2D eigenvalue weighted by Crippen LogP contribution is 2.24. The topological polar surface area (TPSA) is 0 Å². The number of hydrogen-bond acceptors (Lipinski definition) is 0. The molecule has 0 unspecified atom stereocenters. The predicted molar refractivity (Wildman–Crippen MR) is 53.2 cm³/mol. The quantitative estimate of drug-likeness (QED) is 0.590. The molecule has 0 aromatic carbocycles. The summed E-state index contributed by atoms with van der Waals surface area (Å²) < 4.78 is 0. The number of hydrogen-bond donors (Lipinski definition) is 0. The molecule has 0 amide bonds. The maximum atomic E-state index is 3.74. The van der Waals surface area contributed by atoms with Gasteiger partial charge in [0.05, 0.1) is 0 Å². The fraction of sp³-hybridized carbons (Fsp3) is 0. The van der Waals surface area contributed by atoms with Crippen LogP contribution >= 0.6 is 0 Å². The predicted octanol–water partition coefficient (Wildman–Crippen LogP) is 3.43. The van der Waals surface area contributed by atoms with Gasteiger partial charge in [0.1, 0.15) is 0 Å². The van der Waals surface area contributed by atoms with E-state index in [1.54, 1.807) is 0 Å². The van der Waals surface area contributed by atoms with Gasteiger partial charge in [0.25, 0.3) is 0 Å². The van der Waals surface area contributed by atoms with Crippen molar-refractivity contribution >= 4 is 6.08 Å². The zero-order valence-corrected chi connectivity index (χ0v) is 6.83. The van der Waals surface area contributed by atoms with Crippen LogP contribution in [0.2, 0.25) is 0 Å². The van der Waals surface area contributed by atoms with Gasteiger partial charge in [-0.05, 0) is 28.8 Å². The van der Waals surface area contributed by atoms with Gasteiger partial charge in [-0.2, -0.15) is 0 Å². The Kier molecular flexibility index (Phi) is 1.67. The molecule has 2 aliphatic rings. The van der Waals surface area contributed by atoms with Crippen molar-refractivity contribution in [2.75, 3.05) is 0 Å². The van der Waals surface area contributed by atoms with Crippen molar-refractivity contribution in [2.24, 2.45) is 0 Å². The summed E-state index contributed by atoms with van der Waals surface area (Å²) in [5, 5.41) is 0. The smallest absolute Gasteiger partial charge is 0.0178 e. The first-order valence-electron chi connectivity index (χ1n) is 4.01. The van der Waals surface area contributed by atoms with Gasteiger partial charge >= 0.3 is 0 Å². The summed E-state index contributed by atoms with van der Waals surface area (Å²) in [4.78, 5) is 0. The maximum absolute atomic E-state index is 3.74. The summed E-state index contributed by atoms with van der Waals surface area (Å²) in [6.07, 6.45) is 1.88. The molecule has 2 rings (SSSR count). The molecule has 0 heteroatoms. The SMILES string of the molecule is C=Cc1cc2cccccc-2c1. The van der Waals surface area contributed by atoms with E-state index in [1.807, 2.05) is 12.1 Å². The monoisotopic (exact) mass is 154 g/mol. The van der Waals surface area contributed by atoms with Crippen molar-refractivity contribution in [1.82, 2.24) is 0 Å². The Balaban J connectivity index is 2.68. The molecular weight excluding hydrogens is 144 g/mol. The van der Waals surface area contributed by atoms with Crippen LogP contribution in [0.15, 0.2) is 49.0 Å². The Labute approximate surface area is 72.5 Å². The number of rotatable bonds is 1. The average Bonchev–Trinajstić information content (AvgIpc) is 2.37. The van der Waals surface area contributed by atoms with Crippen LogP contribution in [0.25, 0.3) is 17.2 Å². The molecule has 0 heterocycles. The Morgan fingerprint density at radius 2 is 1.50 bits per heavy atom. The van der Waals surface area contributed by atoms with Crippen LogP contribution in [-0.2, 0) is 0 Å². The van der Waals surface area contributed by atoms with E-state index in [2.05, 4.69) is 43.0 Å². The van der Waals surface area contributed by atoms with Gasteiger partial charge in [0.15, 0.2) is 0 Å². The van der Waals surface area contributed by atoms with E-state index in [4.69, 9.17) is 0 Å². The minimum Gasteiger partial charge on any atom is -0.0985 e. The van der Waals surface area contributed by atoms with Crippen molar-refractivity contribution in [3.8, 4) is 11.1 Å². The third kappa shape index (κ3) is 1.12. The van der Waals surface area contributed by atoms with Gasteiger partial charge in [-0.3, -0.25) is 0 Å². The lowest BCUT2D eigenvalue weighted by Crippen LogP contribution is -1.59. The third-order valence-corrected chi connectivity index (χ3v) is 1.99. The first-order valence-corrected chi connectivity index (χ1v) is 4.01. The van der Waals surface area contributed by atoms with Gasteiger partial charge in [-0.25, -0.2) is 0 Å². The third-order valence-electron chi connectivity index (χ3n) is 1.99. The average molecular weight is 154 g/mol. The molecule has 58 valence electrons. The first-order chi connectivity index (χ1) is 5.90. The molecule has 0 nitrogen and oxygen atoms in total. The Bertz CT molecular complexity index is 343. The van der Waals surface area contributed by atoms with Crippen LogP contribution in [0.4, 0.5) is 0 Å². The second kappa shape index (κ2) is 2.82. The maximum Gasteiger partial charge on any atom is -0.0178 e. The highest BCUT2D eigenvalue weighted by Gasteiger charge is 2.00. The summed E-state index contributed by atoms with van der Waals surface area (Å²) >= 11 is 0. The lowest BCUT2D eigenvalue weighted by atomic mass is 10.2. The molecule has 0 spiro atoms. The van der Waals surface area contributed by atoms with Crippen molar-refractivity contribution in [2.45, 2.75) is 0 Å². The van der Waals surface area contributed by atoms with Crippen molar-refractivity contribution in [3.63, 3.8) is 0 Å². The normalized spacial score (nSPS) is 10.0. The van der Waals surface area contributed by atoms with Gasteiger partial charge < -0.3 is 0 Å². The minimum absolute atomic E-state index is 1.19. The molecular formula is C12H10. The molecule has 0 radical (unpaired) electrons. The van der Waals surface area contributed by atoms with Crippen LogP contribution in [0.1, 0.15) is 5.56 Å². The van der Waals surface area contributed by atoms with Crippen molar-refractivity contribution in [1.29, 1.82) is 0 Å². The van der Waals surface area contributed by atoms with Gasteiger partial charge in [-0.15, -0.1) is 0 Å². The molecule has 0 atom stereocenters. The first kappa shape index (κ1) is 7.11. The van der Waals surface area contributed by atoms with Gasteiger partial charge in [0.2, 0.25) is 0 Å². The van der Waals surface area contributed by atoms with E-state index in [0.29, 0.717) is 0 Å². The Morgan fingerprint density at radius 1 is 0.917 bits per heavy atom. The summed E-state index contributed by atoms with van der Waals surface area (Å²) in [7, 11) is 0. The molecule has 2 aliphatic carbocycles. The van der Waals surface area contributed by atoms with Crippen LogP contribution in [0.5, 0.6) is 0 Å². The second-order valence-corrected chi connectivity index (χ2v) is 2.81. The zero-order chi connectivity index (χ0) is 8.39. The molecule has 0 fully saturated rings. The highest BCUT2D eigenvalue weighted by molar-refractivity contribution is 5.72. The fourth-order valence-corrected chi connectivity index (χ4v) is 1.36. The summed E-state index contributed by atoms with van der Waals surface area (Å²) in [6.45, 7) is 3.74. The van der Waals surface area contributed by atoms with E-state index in [9.17, 15) is 0 Å². The molecule has 12 heavy (non-hydrogen) atoms. The molecule has 0 aromatic rings. The van der Waals surface area contributed by atoms with Crippen molar-refractivity contribution in [3.05, 3.63) is 54.6 Å². The summed E-state index contributed by atoms with van der Waals surface area (Å²) in [6, 6.07) is 14.6. The van der Waals surface area contributed by atoms with E-state index < -0.39 is 0 Å². The zero-order valence-electron chi connectivity index (χ0n) is 6.83. The van der Waals surface area contributed by atoms with E-state index >= 15 is 0 Å². The van der Waals surface area contributed by atoms with Gasteiger partial charge in [0, 0.05) is 0 Å². The molecule has 0 N–H and O–H groups in total. The number of fused-ring (bicyclic) bond motifs is 1. The van der Waals surface area contributed by atoms with E-state index in [0.717, 1.165) is 0 Å². The van der Waals surface area contributed by atoms with E-state index in [1.165, 1.54) is 16.7 Å². The van der Waals surface area contributed by atoms with Crippen LogP contribution in [0.3, 0.4) is 0 Å². The molecule has 0 aliphatic heterocycles. The lowest BCUT2D eigenvalue weighted by Gasteiger charge is -1.85. The van der Waals surface area contributed by atoms with Crippen LogP contribution < -0.4 is 0 Å². The van der Waals surface area contributed by atoms with E-state index in [-0.39, 0.29) is 0 Å². The molecule has 0 saturated carbocycles. The van der Waals surface area contributed by atoms with Crippen LogP contribution in [0, 0.1) is 0 Å². The lowest BCUT2D eigenvalue weighted by molar-refractivity contribution is 1.84. The molecule has 0 bridgehead atoms. The van der Waals surface area contributed by atoms with Crippen molar-refractivity contribution < 1.29 is 0 Å². The standard InChI is InChI=1S/C12H10/c1-2-10-8-11-6-4-3-5-7-12(11)9-10/h2-9H,1H2. The van der Waals surface area contributed by atoms with Crippen LogP contribution in [-0.4, -0.2) is 0 Å². The highest BCUT2D eigenvalue weighted by atomic mass is 14.0. The minimum atomic E-state index is 1.19. The Morgan fingerprint density at radius 3 is 2.00 bits per heavy atom. The summed E-state index contributed by atoms with van der Waals surface area (Å²) in [5.74, 6) is 0. The van der Waals surface area contributed by atoms with Gasteiger partial charge in [-0.1, -0.05) is 43.0 Å².